The molecule has 0 spiro atoms. The fraction of sp³-hybridized carbons (Fsp3) is 0.0455. The van der Waals surface area contributed by atoms with Crippen LogP contribution in [0.4, 0.5) is 5.69 Å². The number of rotatable bonds is 2. The highest BCUT2D eigenvalue weighted by atomic mass is 14.7. The lowest BCUT2D eigenvalue weighted by atomic mass is 9.97. The summed E-state index contributed by atoms with van der Waals surface area (Å²) in [5.41, 5.74) is 14.9. The van der Waals surface area contributed by atoms with Crippen molar-refractivity contribution < 1.29 is 0 Å². The maximum absolute atomic E-state index is 5.80. The Morgan fingerprint density at radius 1 is 0.880 bits per heavy atom. The second-order valence-electron chi connectivity index (χ2n) is 6.44. The first-order valence-electron chi connectivity index (χ1n) is 8.41. The summed E-state index contributed by atoms with van der Waals surface area (Å²) >= 11 is 0. The molecule has 4 aromatic rings. The van der Waals surface area contributed by atoms with Gasteiger partial charge >= 0.3 is 0 Å². The number of anilines is 1. The molecule has 2 heterocycles. The van der Waals surface area contributed by atoms with Crippen LogP contribution < -0.4 is 5.73 Å². The van der Waals surface area contributed by atoms with E-state index in [0.29, 0.717) is 0 Å². The molecular weight excluding hydrogens is 306 g/mol. The second kappa shape index (κ2) is 5.35. The molecule has 1 aliphatic rings. The number of allylic oxidation sites excluding steroid dienone is 1. The lowest BCUT2D eigenvalue weighted by molar-refractivity contribution is 1.13. The first kappa shape index (κ1) is 14.1. The number of H-pyrrole nitrogens is 1. The quantitative estimate of drug-likeness (QED) is 0.521. The Morgan fingerprint density at radius 2 is 1.72 bits per heavy atom. The van der Waals surface area contributed by atoms with Crippen LogP contribution in [-0.2, 0) is 6.42 Å². The van der Waals surface area contributed by atoms with Crippen LogP contribution in [0.15, 0.2) is 73.1 Å². The molecule has 0 saturated heterocycles. The predicted octanol–water partition coefficient (Wildman–Crippen LogP) is 4.80. The van der Waals surface area contributed by atoms with E-state index in [9.17, 15) is 0 Å². The van der Waals surface area contributed by atoms with Crippen molar-refractivity contribution in [2.75, 3.05) is 5.73 Å². The zero-order valence-electron chi connectivity index (χ0n) is 13.7. The SMILES string of the molecule is Nc1ccc(-c2cnc3c(c2)C(c2ccc4[nH]ccc4c2)=CC3)cc1. The van der Waals surface area contributed by atoms with Crippen LogP contribution in [0.3, 0.4) is 0 Å². The summed E-state index contributed by atoms with van der Waals surface area (Å²) in [4.78, 5) is 7.95. The monoisotopic (exact) mass is 323 g/mol. The van der Waals surface area contributed by atoms with Crippen LogP contribution in [0.2, 0.25) is 0 Å². The summed E-state index contributed by atoms with van der Waals surface area (Å²) in [6.07, 6.45) is 7.10. The Kier molecular flexibility index (Phi) is 3.01. The first-order chi connectivity index (χ1) is 12.3. The van der Waals surface area contributed by atoms with E-state index in [2.05, 4.69) is 41.4 Å². The molecule has 0 amide bonds. The average molecular weight is 323 g/mol. The summed E-state index contributed by atoms with van der Waals surface area (Å²) in [6.45, 7) is 0. The number of hydrogen-bond acceptors (Lipinski definition) is 2. The van der Waals surface area contributed by atoms with Crippen molar-refractivity contribution in [1.29, 1.82) is 0 Å². The van der Waals surface area contributed by atoms with Crippen LogP contribution >= 0.6 is 0 Å². The standard InChI is InChI=1S/C22H17N3/c23-18-4-1-14(2-5-18)17-12-20-19(6-8-22(20)25-13-17)15-3-7-21-16(11-15)9-10-24-21/h1-7,9-13,24H,8,23H2. The van der Waals surface area contributed by atoms with Gasteiger partial charge in [0.05, 0.1) is 5.69 Å². The Balaban J connectivity index is 1.60. The van der Waals surface area contributed by atoms with Crippen molar-refractivity contribution in [3.05, 3.63) is 89.9 Å². The average Bonchev–Trinajstić information content (AvgIpc) is 3.27. The van der Waals surface area contributed by atoms with E-state index >= 15 is 0 Å². The third-order valence-corrected chi connectivity index (χ3v) is 4.87. The molecule has 3 nitrogen and oxygen atoms in total. The van der Waals surface area contributed by atoms with Gasteiger partial charge in [-0.1, -0.05) is 24.3 Å². The van der Waals surface area contributed by atoms with Crippen LogP contribution in [0.25, 0.3) is 27.6 Å². The van der Waals surface area contributed by atoms with Crippen molar-refractivity contribution in [2.45, 2.75) is 6.42 Å². The highest BCUT2D eigenvalue weighted by Crippen LogP contribution is 2.35. The number of benzene rings is 2. The zero-order chi connectivity index (χ0) is 16.8. The van der Waals surface area contributed by atoms with Gasteiger partial charge in [0, 0.05) is 41.1 Å². The van der Waals surface area contributed by atoms with Crippen molar-refractivity contribution in [3.63, 3.8) is 0 Å². The smallest absolute Gasteiger partial charge is 0.0520 e. The molecular formula is C22H17N3. The Labute approximate surface area is 145 Å². The lowest BCUT2D eigenvalue weighted by Gasteiger charge is -2.09. The normalized spacial score (nSPS) is 13.0. The van der Waals surface area contributed by atoms with Crippen molar-refractivity contribution in [1.82, 2.24) is 9.97 Å². The highest BCUT2D eigenvalue weighted by molar-refractivity contribution is 5.90. The van der Waals surface area contributed by atoms with Crippen molar-refractivity contribution >= 4 is 22.2 Å². The molecule has 0 saturated carbocycles. The molecule has 1 aliphatic carbocycles. The Hall–Kier alpha value is -3.33. The molecule has 5 rings (SSSR count). The van der Waals surface area contributed by atoms with E-state index in [1.807, 2.05) is 36.7 Å². The largest absolute Gasteiger partial charge is 0.399 e. The van der Waals surface area contributed by atoms with E-state index in [1.165, 1.54) is 22.1 Å². The minimum atomic E-state index is 0.776. The van der Waals surface area contributed by atoms with E-state index in [-0.39, 0.29) is 0 Å². The summed E-state index contributed by atoms with van der Waals surface area (Å²) in [7, 11) is 0. The van der Waals surface area contributed by atoms with E-state index in [1.54, 1.807) is 0 Å². The molecule has 0 aliphatic heterocycles. The summed E-state index contributed by atoms with van der Waals surface area (Å²) in [6, 6.07) is 18.9. The maximum atomic E-state index is 5.80. The summed E-state index contributed by atoms with van der Waals surface area (Å²) in [5.74, 6) is 0. The molecule has 0 fully saturated rings. The van der Waals surface area contributed by atoms with E-state index in [4.69, 9.17) is 10.7 Å². The number of aromatic amines is 1. The van der Waals surface area contributed by atoms with Gasteiger partial charge < -0.3 is 10.7 Å². The van der Waals surface area contributed by atoms with Crippen molar-refractivity contribution in [2.24, 2.45) is 0 Å². The maximum Gasteiger partial charge on any atom is 0.0520 e. The van der Waals surface area contributed by atoms with Gasteiger partial charge in [-0.3, -0.25) is 4.98 Å². The number of fused-ring (bicyclic) bond motifs is 2. The van der Waals surface area contributed by atoms with Crippen LogP contribution in [0, 0.1) is 0 Å². The fourth-order valence-electron chi connectivity index (χ4n) is 3.53. The van der Waals surface area contributed by atoms with Crippen molar-refractivity contribution in [3.8, 4) is 11.1 Å². The number of pyridine rings is 1. The summed E-state index contributed by atoms with van der Waals surface area (Å²) < 4.78 is 0. The van der Waals surface area contributed by atoms with Crippen LogP contribution in [0.5, 0.6) is 0 Å². The molecule has 25 heavy (non-hydrogen) atoms. The minimum absolute atomic E-state index is 0.776. The molecule has 3 N–H and O–H groups in total. The van der Waals surface area contributed by atoms with Gasteiger partial charge in [-0.05, 0) is 58.5 Å². The number of aromatic nitrogens is 2. The van der Waals surface area contributed by atoms with Gasteiger partial charge in [-0.25, -0.2) is 0 Å². The van der Waals surface area contributed by atoms with E-state index < -0.39 is 0 Å². The summed E-state index contributed by atoms with van der Waals surface area (Å²) in [5, 5.41) is 1.23. The third-order valence-electron chi connectivity index (χ3n) is 4.87. The predicted molar refractivity (Wildman–Crippen MR) is 103 cm³/mol. The first-order valence-corrected chi connectivity index (χ1v) is 8.41. The van der Waals surface area contributed by atoms with E-state index in [0.717, 1.165) is 34.4 Å². The third kappa shape index (κ3) is 2.32. The second-order valence-corrected chi connectivity index (χ2v) is 6.44. The topological polar surface area (TPSA) is 54.7 Å². The Bertz CT molecular complexity index is 1120. The van der Waals surface area contributed by atoms with Crippen LogP contribution in [-0.4, -0.2) is 9.97 Å². The van der Waals surface area contributed by atoms with Gasteiger partial charge in [0.15, 0.2) is 0 Å². The fourth-order valence-corrected chi connectivity index (χ4v) is 3.53. The number of hydrogen-bond donors (Lipinski definition) is 2. The Morgan fingerprint density at radius 3 is 2.60 bits per heavy atom. The highest BCUT2D eigenvalue weighted by Gasteiger charge is 2.18. The molecule has 0 atom stereocenters. The molecule has 2 aromatic heterocycles. The molecule has 2 aromatic carbocycles. The number of nitrogens with zero attached hydrogens (tertiary/aromatic N) is 1. The number of nitrogens with two attached hydrogens (primary N) is 1. The molecule has 120 valence electrons. The molecule has 3 heteroatoms. The van der Waals surface area contributed by atoms with Gasteiger partial charge in [0.2, 0.25) is 0 Å². The van der Waals surface area contributed by atoms with Gasteiger partial charge in [0.25, 0.3) is 0 Å². The molecule has 0 radical (unpaired) electrons. The zero-order valence-corrected chi connectivity index (χ0v) is 13.7. The minimum Gasteiger partial charge on any atom is -0.399 e. The molecule has 0 bridgehead atoms. The van der Waals surface area contributed by atoms with Gasteiger partial charge in [0.1, 0.15) is 0 Å². The number of nitrogens with one attached hydrogen (secondary N) is 1. The van der Waals surface area contributed by atoms with Gasteiger partial charge in [-0.2, -0.15) is 0 Å². The van der Waals surface area contributed by atoms with Gasteiger partial charge in [-0.15, -0.1) is 0 Å². The van der Waals surface area contributed by atoms with Crippen LogP contribution in [0.1, 0.15) is 16.8 Å². The lowest BCUT2D eigenvalue weighted by Crippen LogP contribution is -1.93. The molecule has 0 unspecified atom stereocenters. The number of nitrogen functional groups attached to an aromatic ring is 1.